The van der Waals surface area contributed by atoms with Crippen molar-refractivity contribution in [2.24, 2.45) is 0 Å². The molecule has 1 N–H and O–H groups in total. The van der Waals surface area contributed by atoms with E-state index >= 15 is 0 Å². The van der Waals surface area contributed by atoms with E-state index in [1.807, 2.05) is 32.9 Å². The zero-order chi connectivity index (χ0) is 26.3. The van der Waals surface area contributed by atoms with Gasteiger partial charge in [-0.2, -0.15) is 0 Å². The molecule has 1 saturated heterocycles. The van der Waals surface area contributed by atoms with Crippen molar-refractivity contribution >= 4 is 23.1 Å². The van der Waals surface area contributed by atoms with E-state index in [-0.39, 0.29) is 18.1 Å². The van der Waals surface area contributed by atoms with E-state index in [0.717, 1.165) is 11.1 Å². The highest BCUT2D eigenvalue weighted by molar-refractivity contribution is 6.51. The van der Waals surface area contributed by atoms with Crippen LogP contribution in [0.25, 0.3) is 5.76 Å². The summed E-state index contributed by atoms with van der Waals surface area (Å²) in [7, 11) is 1.54. The molecule has 3 aromatic rings. The van der Waals surface area contributed by atoms with E-state index in [1.54, 1.807) is 49.6 Å². The number of ketones is 1. The number of rotatable bonds is 6. The maximum Gasteiger partial charge on any atom is 0.300 e. The van der Waals surface area contributed by atoms with Gasteiger partial charge in [-0.05, 0) is 73.9 Å². The van der Waals surface area contributed by atoms with E-state index in [4.69, 9.17) is 18.9 Å². The topological polar surface area (TPSA) is 94.5 Å². The highest BCUT2D eigenvalue weighted by atomic mass is 16.7. The smallest absolute Gasteiger partial charge is 0.300 e. The lowest BCUT2D eigenvalue weighted by Gasteiger charge is -2.28. The Kier molecular flexibility index (Phi) is 6.25. The maximum absolute atomic E-state index is 13.6. The third kappa shape index (κ3) is 4.04. The van der Waals surface area contributed by atoms with Crippen molar-refractivity contribution in [2.45, 2.75) is 26.8 Å². The molecule has 2 aliphatic rings. The summed E-state index contributed by atoms with van der Waals surface area (Å²) in [6.45, 7) is 6.17. The number of hydrogen-bond donors (Lipinski definition) is 1. The summed E-state index contributed by atoms with van der Waals surface area (Å²) >= 11 is 0. The van der Waals surface area contributed by atoms with Crippen LogP contribution in [0.4, 0.5) is 5.69 Å². The van der Waals surface area contributed by atoms with Gasteiger partial charge in [0.25, 0.3) is 11.7 Å². The minimum absolute atomic E-state index is 0.0302. The molecular formula is C29H27NO7. The van der Waals surface area contributed by atoms with Crippen LogP contribution in [0.1, 0.15) is 35.2 Å². The lowest BCUT2D eigenvalue weighted by molar-refractivity contribution is -0.132. The molecule has 1 atom stereocenters. The van der Waals surface area contributed by atoms with Crippen LogP contribution in [-0.2, 0) is 9.59 Å². The Morgan fingerprint density at radius 1 is 1.03 bits per heavy atom. The number of hydrogen-bond acceptors (Lipinski definition) is 7. The molecule has 3 aromatic carbocycles. The molecule has 1 amide bonds. The van der Waals surface area contributed by atoms with E-state index in [1.165, 1.54) is 4.90 Å². The summed E-state index contributed by atoms with van der Waals surface area (Å²) in [5.41, 5.74) is 3.32. The minimum Gasteiger partial charge on any atom is -0.507 e. The Bertz CT molecular complexity index is 1440. The molecule has 0 spiro atoms. The van der Waals surface area contributed by atoms with Crippen LogP contribution < -0.4 is 23.8 Å². The van der Waals surface area contributed by atoms with Crippen LogP contribution in [0.5, 0.6) is 23.0 Å². The number of carbonyl (C=O) groups excluding carboxylic acids is 2. The Morgan fingerprint density at radius 2 is 1.81 bits per heavy atom. The molecule has 0 bridgehead atoms. The second kappa shape index (κ2) is 9.54. The number of Topliss-reactive ketones (excluding diaryl/α,β-unsaturated/α-hetero) is 1. The number of aliphatic hydroxyl groups is 1. The molecule has 2 aliphatic heterocycles. The van der Waals surface area contributed by atoms with Gasteiger partial charge in [-0.1, -0.05) is 18.2 Å². The number of fused-ring (bicyclic) bond motifs is 1. The quantitative estimate of drug-likeness (QED) is 0.286. The Hall–Kier alpha value is -4.46. The van der Waals surface area contributed by atoms with Gasteiger partial charge >= 0.3 is 0 Å². The van der Waals surface area contributed by atoms with Gasteiger partial charge in [0.05, 0.1) is 25.3 Å². The number of ether oxygens (including phenoxy) is 4. The van der Waals surface area contributed by atoms with Gasteiger partial charge in [0, 0.05) is 11.3 Å². The average Bonchev–Trinajstić information content (AvgIpc) is 3.47. The first-order chi connectivity index (χ1) is 17.8. The number of aliphatic hydroxyl groups excluding tert-OH is 1. The zero-order valence-corrected chi connectivity index (χ0v) is 21.0. The second-order valence-electron chi connectivity index (χ2n) is 8.80. The summed E-state index contributed by atoms with van der Waals surface area (Å²) in [6.07, 6.45) is 0. The first kappa shape index (κ1) is 24.2. The second-order valence-corrected chi connectivity index (χ2v) is 8.80. The molecule has 8 nitrogen and oxygen atoms in total. The predicted molar refractivity (Wildman–Crippen MR) is 137 cm³/mol. The van der Waals surface area contributed by atoms with Gasteiger partial charge in [0.1, 0.15) is 5.76 Å². The molecule has 190 valence electrons. The van der Waals surface area contributed by atoms with Gasteiger partial charge in [0.15, 0.2) is 23.0 Å². The molecule has 37 heavy (non-hydrogen) atoms. The van der Waals surface area contributed by atoms with Crippen LogP contribution >= 0.6 is 0 Å². The molecule has 2 heterocycles. The van der Waals surface area contributed by atoms with Crippen LogP contribution in [0.15, 0.2) is 60.2 Å². The number of methoxy groups -OCH3 is 1. The first-order valence-corrected chi connectivity index (χ1v) is 11.9. The normalized spacial score (nSPS) is 17.8. The van der Waals surface area contributed by atoms with E-state index < -0.39 is 17.7 Å². The molecule has 5 rings (SSSR count). The van der Waals surface area contributed by atoms with Gasteiger partial charge in [-0.15, -0.1) is 0 Å². The van der Waals surface area contributed by atoms with Crippen molar-refractivity contribution in [2.75, 3.05) is 25.4 Å². The van der Waals surface area contributed by atoms with Crippen molar-refractivity contribution in [1.82, 2.24) is 0 Å². The molecule has 0 aromatic heterocycles. The van der Waals surface area contributed by atoms with Crippen molar-refractivity contribution in [3.05, 3.63) is 82.4 Å². The monoisotopic (exact) mass is 501 g/mol. The van der Waals surface area contributed by atoms with E-state index in [0.29, 0.717) is 46.4 Å². The summed E-state index contributed by atoms with van der Waals surface area (Å²) in [4.78, 5) is 28.5. The average molecular weight is 502 g/mol. The maximum atomic E-state index is 13.6. The highest BCUT2D eigenvalue weighted by Crippen LogP contribution is 2.46. The molecule has 0 saturated carbocycles. The third-order valence-corrected chi connectivity index (χ3v) is 6.73. The van der Waals surface area contributed by atoms with Crippen LogP contribution in [-0.4, -0.2) is 37.3 Å². The van der Waals surface area contributed by atoms with Crippen LogP contribution in [0.2, 0.25) is 0 Å². The third-order valence-electron chi connectivity index (χ3n) is 6.73. The Labute approximate surface area is 214 Å². The van der Waals surface area contributed by atoms with Crippen molar-refractivity contribution < 1.29 is 33.6 Å². The van der Waals surface area contributed by atoms with Gasteiger partial charge in [0.2, 0.25) is 6.79 Å². The Balaban J connectivity index is 1.74. The first-order valence-electron chi connectivity index (χ1n) is 11.9. The highest BCUT2D eigenvalue weighted by Gasteiger charge is 2.47. The summed E-state index contributed by atoms with van der Waals surface area (Å²) < 4.78 is 22.0. The largest absolute Gasteiger partial charge is 0.507 e. The number of amides is 1. The van der Waals surface area contributed by atoms with Crippen molar-refractivity contribution in [3.63, 3.8) is 0 Å². The van der Waals surface area contributed by atoms with Crippen LogP contribution in [0, 0.1) is 13.8 Å². The fraction of sp³-hybridized carbons (Fsp3) is 0.241. The summed E-state index contributed by atoms with van der Waals surface area (Å²) in [5, 5.41) is 11.5. The Morgan fingerprint density at radius 3 is 2.57 bits per heavy atom. The number of benzene rings is 3. The lowest BCUT2D eigenvalue weighted by atomic mass is 9.94. The van der Waals surface area contributed by atoms with Gasteiger partial charge < -0.3 is 24.1 Å². The molecule has 1 fully saturated rings. The SMILES string of the molecule is CCOc1cc(C2/C(=C(\O)c3ccc4c(c3)OCO4)C(=O)C(=O)N2c2cccc(C)c2C)ccc1OC. The van der Waals surface area contributed by atoms with Gasteiger partial charge in [-0.25, -0.2) is 0 Å². The summed E-state index contributed by atoms with van der Waals surface area (Å²) in [6, 6.07) is 14.8. The standard InChI is InChI=1S/C29H27NO7/c1-5-35-23-13-18(9-11-21(23)34-4)26-25(27(31)19-10-12-22-24(14-19)37-15-36-22)28(32)29(33)30(26)20-8-6-7-16(2)17(20)3/h6-14,26,31H,5,15H2,1-4H3/b27-25+. The van der Waals surface area contributed by atoms with Crippen molar-refractivity contribution in [3.8, 4) is 23.0 Å². The number of nitrogens with zero attached hydrogens (tertiary/aromatic N) is 1. The predicted octanol–water partition coefficient (Wildman–Crippen LogP) is 5.07. The molecule has 8 heteroatoms. The van der Waals surface area contributed by atoms with Crippen molar-refractivity contribution in [1.29, 1.82) is 0 Å². The van der Waals surface area contributed by atoms with Gasteiger partial charge in [-0.3, -0.25) is 14.5 Å². The molecule has 0 aliphatic carbocycles. The van der Waals surface area contributed by atoms with E-state index in [9.17, 15) is 14.7 Å². The molecule has 1 unspecified atom stereocenters. The number of anilines is 1. The summed E-state index contributed by atoms with van der Waals surface area (Å²) in [5.74, 6) is 0.169. The fourth-order valence-electron chi connectivity index (χ4n) is 4.72. The minimum atomic E-state index is -0.906. The number of aryl methyl sites for hydroxylation is 1. The molecule has 0 radical (unpaired) electrons. The zero-order valence-electron chi connectivity index (χ0n) is 21.0. The van der Waals surface area contributed by atoms with E-state index in [2.05, 4.69) is 0 Å². The fourth-order valence-corrected chi connectivity index (χ4v) is 4.72. The molecular weight excluding hydrogens is 474 g/mol. The lowest BCUT2D eigenvalue weighted by Crippen LogP contribution is -2.30. The van der Waals surface area contributed by atoms with Crippen LogP contribution in [0.3, 0.4) is 0 Å². The number of carbonyl (C=O) groups is 2.